The number of nitrogens with zero attached hydrogens (tertiary/aromatic N) is 4. The number of carbonyl (C=O) groups excluding carboxylic acids is 1. The van der Waals surface area contributed by atoms with Gasteiger partial charge in [-0.15, -0.1) is 5.10 Å². The normalized spacial score (nSPS) is 14.5. The molecule has 0 aromatic carbocycles. The van der Waals surface area contributed by atoms with Gasteiger partial charge >= 0.3 is 0 Å². The van der Waals surface area contributed by atoms with Crippen LogP contribution in [0.15, 0.2) is 23.6 Å². The molecule has 2 aromatic rings. The zero-order chi connectivity index (χ0) is 13.1. The number of rotatable bonds is 6. The van der Waals surface area contributed by atoms with E-state index in [1.165, 1.54) is 11.8 Å². The van der Waals surface area contributed by atoms with Gasteiger partial charge in [-0.2, -0.15) is 0 Å². The van der Waals surface area contributed by atoms with E-state index in [-0.39, 0.29) is 5.91 Å². The largest absolute Gasteiger partial charge is 0.367 e. The molecule has 0 spiro atoms. The number of carbonyl (C=O) groups is 1. The summed E-state index contributed by atoms with van der Waals surface area (Å²) in [5.74, 6) is 0.314. The van der Waals surface area contributed by atoms with Gasteiger partial charge in [0.05, 0.1) is 11.8 Å². The van der Waals surface area contributed by atoms with Crippen LogP contribution >= 0.6 is 11.8 Å². The fourth-order valence-corrected chi connectivity index (χ4v) is 2.45. The van der Waals surface area contributed by atoms with Gasteiger partial charge < -0.3 is 10.3 Å². The van der Waals surface area contributed by atoms with Crippen molar-refractivity contribution in [2.24, 2.45) is 0 Å². The zero-order valence-corrected chi connectivity index (χ0v) is 11.1. The van der Waals surface area contributed by atoms with Crippen molar-refractivity contribution in [1.82, 2.24) is 30.5 Å². The first kappa shape index (κ1) is 12.2. The second-order valence-electron chi connectivity index (χ2n) is 4.42. The molecule has 19 heavy (non-hydrogen) atoms. The summed E-state index contributed by atoms with van der Waals surface area (Å²) in [5.41, 5.74) is 1.06. The van der Waals surface area contributed by atoms with E-state index in [0.29, 0.717) is 18.3 Å². The fourth-order valence-electron chi connectivity index (χ4n) is 1.68. The summed E-state index contributed by atoms with van der Waals surface area (Å²) in [7, 11) is 0. The van der Waals surface area contributed by atoms with Crippen LogP contribution in [0.1, 0.15) is 24.4 Å². The predicted octanol–water partition coefficient (Wildman–Crippen LogP) is 0.745. The molecule has 2 aromatic heterocycles. The highest BCUT2D eigenvalue weighted by Crippen LogP contribution is 2.36. The van der Waals surface area contributed by atoms with E-state index in [4.69, 9.17) is 0 Å². The number of H-pyrrole nitrogens is 1. The summed E-state index contributed by atoms with van der Waals surface area (Å²) < 4.78 is 1.81. The number of thioether (sulfide) groups is 1. The molecule has 0 radical (unpaired) electrons. The standard InChI is InChI=1S/C11H14N6OS/c18-10(13-6-8-3-4-12-5-8)7-19-11-14-15-16-17(11)9-1-2-9/h3-5,9,12H,1-2,6-7H2,(H,13,18). The number of hydrogen-bond acceptors (Lipinski definition) is 5. The third-order valence-corrected chi connectivity index (χ3v) is 3.77. The first-order chi connectivity index (χ1) is 9.33. The average molecular weight is 278 g/mol. The molecule has 1 aliphatic carbocycles. The quantitative estimate of drug-likeness (QED) is 0.761. The van der Waals surface area contributed by atoms with Crippen LogP contribution in [-0.2, 0) is 11.3 Å². The summed E-state index contributed by atoms with van der Waals surface area (Å²) in [6.45, 7) is 0.538. The molecule has 1 fully saturated rings. The van der Waals surface area contributed by atoms with Crippen molar-refractivity contribution in [3.63, 3.8) is 0 Å². The molecular weight excluding hydrogens is 264 g/mol. The van der Waals surface area contributed by atoms with Gasteiger partial charge in [0.2, 0.25) is 11.1 Å². The predicted molar refractivity (Wildman–Crippen MR) is 69.5 cm³/mol. The average Bonchev–Trinajstić information content (AvgIpc) is 2.94. The van der Waals surface area contributed by atoms with Crippen molar-refractivity contribution in [3.8, 4) is 0 Å². The van der Waals surface area contributed by atoms with E-state index in [1.807, 2.05) is 23.1 Å². The van der Waals surface area contributed by atoms with Gasteiger partial charge in [-0.25, -0.2) is 4.68 Å². The van der Waals surface area contributed by atoms with Crippen LogP contribution in [0.4, 0.5) is 0 Å². The minimum Gasteiger partial charge on any atom is -0.367 e. The lowest BCUT2D eigenvalue weighted by molar-refractivity contribution is -0.118. The molecule has 1 amide bonds. The van der Waals surface area contributed by atoms with Crippen LogP contribution in [0.5, 0.6) is 0 Å². The molecule has 0 aliphatic heterocycles. The maximum absolute atomic E-state index is 11.7. The van der Waals surface area contributed by atoms with E-state index in [2.05, 4.69) is 25.8 Å². The van der Waals surface area contributed by atoms with Gasteiger partial charge in [-0.1, -0.05) is 11.8 Å². The van der Waals surface area contributed by atoms with Gasteiger partial charge in [0.1, 0.15) is 0 Å². The Morgan fingerprint density at radius 2 is 2.47 bits per heavy atom. The van der Waals surface area contributed by atoms with Crippen molar-refractivity contribution < 1.29 is 4.79 Å². The Morgan fingerprint density at radius 3 is 3.21 bits per heavy atom. The lowest BCUT2D eigenvalue weighted by Gasteiger charge is -2.04. The first-order valence-corrected chi connectivity index (χ1v) is 7.10. The highest BCUT2D eigenvalue weighted by Gasteiger charge is 2.28. The molecule has 0 bridgehead atoms. The van der Waals surface area contributed by atoms with Crippen LogP contribution in [-0.4, -0.2) is 36.9 Å². The van der Waals surface area contributed by atoms with Crippen LogP contribution < -0.4 is 5.32 Å². The SMILES string of the molecule is O=C(CSc1nnnn1C1CC1)NCc1cc[nH]c1. The molecule has 100 valence electrons. The second kappa shape index (κ2) is 5.43. The van der Waals surface area contributed by atoms with Gasteiger partial charge in [0, 0.05) is 18.9 Å². The van der Waals surface area contributed by atoms with Crippen LogP contribution in [0, 0.1) is 0 Å². The number of amides is 1. The molecule has 0 unspecified atom stereocenters. The van der Waals surface area contributed by atoms with Gasteiger partial charge in [-0.05, 0) is 34.9 Å². The summed E-state index contributed by atoms with van der Waals surface area (Å²) in [4.78, 5) is 14.7. The lowest BCUT2D eigenvalue weighted by atomic mass is 10.3. The molecule has 2 N–H and O–H groups in total. The fraction of sp³-hybridized carbons (Fsp3) is 0.455. The maximum Gasteiger partial charge on any atom is 0.230 e. The Bertz CT molecular complexity index is 547. The van der Waals surface area contributed by atoms with E-state index >= 15 is 0 Å². The zero-order valence-electron chi connectivity index (χ0n) is 10.2. The number of aromatic amines is 1. The molecule has 1 aliphatic rings. The highest BCUT2D eigenvalue weighted by atomic mass is 32.2. The lowest BCUT2D eigenvalue weighted by Crippen LogP contribution is -2.24. The topological polar surface area (TPSA) is 88.5 Å². The minimum absolute atomic E-state index is 0.0171. The molecule has 3 rings (SSSR count). The van der Waals surface area contributed by atoms with Crippen molar-refractivity contribution >= 4 is 17.7 Å². The Labute approximate surface area is 114 Å². The van der Waals surface area contributed by atoms with Crippen molar-refractivity contribution in [1.29, 1.82) is 0 Å². The third-order valence-electron chi connectivity index (χ3n) is 2.84. The van der Waals surface area contributed by atoms with Crippen LogP contribution in [0.3, 0.4) is 0 Å². The Hall–Kier alpha value is -1.83. The maximum atomic E-state index is 11.7. The van der Waals surface area contributed by atoms with E-state index < -0.39 is 0 Å². The molecule has 7 nitrogen and oxygen atoms in total. The monoisotopic (exact) mass is 278 g/mol. The van der Waals surface area contributed by atoms with Gasteiger partial charge in [0.15, 0.2) is 0 Å². The second-order valence-corrected chi connectivity index (χ2v) is 5.36. The number of nitrogens with one attached hydrogen (secondary N) is 2. The Morgan fingerprint density at radius 1 is 1.58 bits per heavy atom. The summed E-state index contributed by atoms with van der Waals surface area (Å²) >= 11 is 1.37. The van der Waals surface area contributed by atoms with E-state index in [9.17, 15) is 4.79 Å². The van der Waals surface area contributed by atoms with E-state index in [0.717, 1.165) is 23.6 Å². The Kier molecular flexibility index (Phi) is 3.49. The number of tetrazole rings is 1. The van der Waals surface area contributed by atoms with E-state index in [1.54, 1.807) is 0 Å². The van der Waals surface area contributed by atoms with Gasteiger partial charge in [-0.3, -0.25) is 4.79 Å². The number of hydrogen-bond donors (Lipinski definition) is 2. The highest BCUT2D eigenvalue weighted by molar-refractivity contribution is 7.99. The minimum atomic E-state index is -0.0171. The molecule has 1 saturated carbocycles. The molecule has 0 atom stereocenters. The van der Waals surface area contributed by atoms with Crippen molar-refractivity contribution in [3.05, 3.63) is 24.0 Å². The van der Waals surface area contributed by atoms with Gasteiger partial charge in [0.25, 0.3) is 0 Å². The number of aromatic nitrogens is 5. The molecule has 2 heterocycles. The van der Waals surface area contributed by atoms with Crippen molar-refractivity contribution in [2.75, 3.05) is 5.75 Å². The summed E-state index contributed by atoms with van der Waals surface area (Å²) in [6, 6.07) is 2.36. The molecule has 8 heteroatoms. The van der Waals surface area contributed by atoms with Crippen LogP contribution in [0.2, 0.25) is 0 Å². The van der Waals surface area contributed by atoms with Crippen LogP contribution in [0.25, 0.3) is 0 Å². The smallest absolute Gasteiger partial charge is 0.230 e. The molecule has 0 saturated heterocycles. The third kappa shape index (κ3) is 3.14. The summed E-state index contributed by atoms with van der Waals surface area (Å²) in [5, 5.41) is 15.1. The first-order valence-electron chi connectivity index (χ1n) is 6.12. The Balaban J connectivity index is 1.46. The molecular formula is C11H14N6OS. The van der Waals surface area contributed by atoms with Crippen molar-refractivity contribution in [2.45, 2.75) is 30.6 Å². The summed E-state index contributed by atoms with van der Waals surface area (Å²) in [6.07, 6.45) is 5.94.